The Morgan fingerprint density at radius 2 is 1.62 bits per heavy atom. The molecule has 0 saturated carbocycles. The van der Waals surface area contributed by atoms with Crippen molar-refractivity contribution in [2.24, 2.45) is 0 Å². The maximum atomic E-state index is 12.1. The maximum absolute atomic E-state index is 12.1. The first kappa shape index (κ1) is 17.9. The minimum Gasteiger partial charge on any atom is -0.292 e. The molecule has 4 rings (SSSR count). The topological polar surface area (TPSA) is 77.2 Å². The highest BCUT2D eigenvalue weighted by molar-refractivity contribution is 8.01. The molecular weight excluding hydrogens is 429 g/mol. The Labute approximate surface area is 168 Å². The zero-order valence-corrected chi connectivity index (χ0v) is 17.1. The van der Waals surface area contributed by atoms with Crippen molar-refractivity contribution in [1.82, 2.24) is 19.8 Å². The summed E-state index contributed by atoms with van der Waals surface area (Å²) in [6.07, 6.45) is 0. The number of thioether (sulfide) groups is 2. The van der Waals surface area contributed by atoms with Crippen LogP contribution in [-0.4, -0.2) is 42.9 Å². The third-order valence-electron chi connectivity index (χ3n) is 3.19. The van der Waals surface area contributed by atoms with Gasteiger partial charge in [0.05, 0.1) is 21.3 Å². The molecule has 6 nitrogen and oxygen atoms in total. The number of rotatable bonds is 8. The highest BCUT2D eigenvalue weighted by Gasteiger charge is 2.16. The van der Waals surface area contributed by atoms with Crippen molar-refractivity contribution in [3.8, 4) is 0 Å². The monoisotopic (exact) mass is 438 g/mol. The third kappa shape index (κ3) is 3.91. The number of thiophene rings is 2. The van der Waals surface area contributed by atoms with Crippen molar-refractivity contribution in [2.75, 3.05) is 11.5 Å². The van der Waals surface area contributed by atoms with Crippen molar-refractivity contribution in [1.29, 1.82) is 0 Å². The predicted molar refractivity (Wildman–Crippen MR) is 107 cm³/mol. The molecule has 0 unspecified atom stereocenters. The van der Waals surface area contributed by atoms with E-state index in [1.807, 2.05) is 35.0 Å². The lowest BCUT2D eigenvalue weighted by atomic mass is 10.4. The molecule has 11 heteroatoms. The number of fused-ring (bicyclic) bond motifs is 1. The van der Waals surface area contributed by atoms with Crippen LogP contribution < -0.4 is 0 Å². The summed E-state index contributed by atoms with van der Waals surface area (Å²) < 4.78 is 2.39. The highest BCUT2D eigenvalue weighted by atomic mass is 32.2. The zero-order valence-electron chi connectivity index (χ0n) is 13.0. The van der Waals surface area contributed by atoms with Gasteiger partial charge in [-0.25, -0.2) is 0 Å². The van der Waals surface area contributed by atoms with Gasteiger partial charge in [-0.3, -0.25) is 9.59 Å². The minimum absolute atomic E-state index is 0.0631. The van der Waals surface area contributed by atoms with Crippen LogP contribution in [0.15, 0.2) is 44.5 Å². The quantitative estimate of drug-likeness (QED) is 0.300. The summed E-state index contributed by atoms with van der Waals surface area (Å²) in [5.41, 5.74) is 0. The normalized spacial score (nSPS) is 11.2. The molecule has 0 fully saturated rings. The van der Waals surface area contributed by atoms with Gasteiger partial charge in [-0.05, 0) is 22.9 Å². The van der Waals surface area contributed by atoms with Gasteiger partial charge in [0, 0.05) is 0 Å². The van der Waals surface area contributed by atoms with E-state index in [9.17, 15) is 9.59 Å². The molecule has 0 aromatic carbocycles. The molecule has 0 spiro atoms. The van der Waals surface area contributed by atoms with E-state index in [0.29, 0.717) is 15.9 Å². The predicted octanol–water partition coefficient (Wildman–Crippen LogP) is 4.26. The number of ketones is 2. The van der Waals surface area contributed by atoms with Gasteiger partial charge >= 0.3 is 0 Å². The summed E-state index contributed by atoms with van der Waals surface area (Å²) in [6.45, 7) is 0. The fourth-order valence-electron chi connectivity index (χ4n) is 2.00. The molecule has 0 amide bonds. The first-order valence-corrected chi connectivity index (χ1v) is 11.9. The van der Waals surface area contributed by atoms with Crippen LogP contribution in [0.4, 0.5) is 0 Å². The van der Waals surface area contributed by atoms with Crippen LogP contribution in [0, 0.1) is 0 Å². The molecule has 4 aromatic rings. The average molecular weight is 439 g/mol. The molecule has 0 atom stereocenters. The van der Waals surface area contributed by atoms with Crippen LogP contribution in [0.3, 0.4) is 0 Å². The lowest BCUT2D eigenvalue weighted by Crippen LogP contribution is -2.01. The number of carbonyl (C=O) groups excluding carboxylic acids is 2. The third-order valence-corrected chi connectivity index (χ3v) is 7.97. The number of hydrogen-bond donors (Lipinski definition) is 0. The Kier molecular flexibility index (Phi) is 5.50. The number of aromatic nitrogens is 4. The van der Waals surface area contributed by atoms with Crippen LogP contribution >= 0.6 is 57.5 Å². The van der Waals surface area contributed by atoms with Crippen molar-refractivity contribution in [2.45, 2.75) is 9.50 Å². The molecule has 0 radical (unpaired) electrons. The fourth-order valence-corrected chi connectivity index (χ4v) is 6.10. The van der Waals surface area contributed by atoms with Gasteiger partial charge in [0.25, 0.3) is 0 Å². The van der Waals surface area contributed by atoms with Crippen molar-refractivity contribution >= 4 is 74.1 Å². The molecule has 0 aliphatic carbocycles. The summed E-state index contributed by atoms with van der Waals surface area (Å²) >= 11 is 6.96. The Morgan fingerprint density at radius 3 is 2.23 bits per heavy atom. The maximum Gasteiger partial charge on any atom is 0.236 e. The summed E-state index contributed by atoms with van der Waals surface area (Å²) in [4.78, 5) is 26.3. The Bertz CT molecular complexity index is 1040. The lowest BCUT2D eigenvalue weighted by Gasteiger charge is -1.96. The number of Topliss-reactive ketones (excluding diaryl/α,β-unsaturated/α-hetero) is 2. The van der Waals surface area contributed by atoms with Crippen molar-refractivity contribution in [3.05, 3.63) is 44.8 Å². The largest absolute Gasteiger partial charge is 0.292 e. The molecule has 4 heterocycles. The smallest absolute Gasteiger partial charge is 0.236 e. The van der Waals surface area contributed by atoms with E-state index in [2.05, 4.69) is 15.3 Å². The first-order chi connectivity index (χ1) is 12.7. The highest BCUT2D eigenvalue weighted by Crippen LogP contribution is 2.28. The van der Waals surface area contributed by atoms with E-state index >= 15 is 0 Å². The van der Waals surface area contributed by atoms with Crippen LogP contribution in [0.2, 0.25) is 0 Å². The Morgan fingerprint density at radius 1 is 0.962 bits per heavy atom. The first-order valence-electron chi connectivity index (χ1n) is 7.32. The average Bonchev–Trinajstić information content (AvgIpc) is 3.43. The molecule has 26 heavy (non-hydrogen) atoms. The Hall–Kier alpha value is -1.53. The van der Waals surface area contributed by atoms with Gasteiger partial charge < -0.3 is 0 Å². The molecule has 0 saturated heterocycles. The van der Waals surface area contributed by atoms with Gasteiger partial charge in [0.15, 0.2) is 15.9 Å². The summed E-state index contributed by atoms with van der Waals surface area (Å²) in [5.74, 6) is 0.780. The summed E-state index contributed by atoms with van der Waals surface area (Å²) in [5, 5.41) is 17.0. The second-order valence-corrected chi connectivity index (χ2v) is 9.94. The van der Waals surface area contributed by atoms with Gasteiger partial charge in [0.2, 0.25) is 10.1 Å². The van der Waals surface area contributed by atoms with Crippen LogP contribution in [0.1, 0.15) is 19.3 Å². The standard InChI is InChI=1S/C15H10N4O2S5/c20-9(11-3-1-5-22-11)7-24-13-16-17-14-19(13)18-15(26-14)25-8-10(21)12-4-2-6-23-12/h1-6H,7-8H2. The molecule has 0 bridgehead atoms. The molecular formula is C15H10N4O2S5. The van der Waals surface area contributed by atoms with Crippen LogP contribution in [-0.2, 0) is 0 Å². The minimum atomic E-state index is 0.0631. The van der Waals surface area contributed by atoms with Gasteiger partial charge in [-0.1, -0.05) is 47.0 Å². The lowest BCUT2D eigenvalue weighted by molar-refractivity contribution is 0.101. The molecule has 0 N–H and O–H groups in total. The van der Waals surface area contributed by atoms with Crippen LogP contribution in [0.5, 0.6) is 0 Å². The molecule has 4 aromatic heterocycles. The number of hydrogen-bond acceptors (Lipinski definition) is 10. The summed E-state index contributed by atoms with van der Waals surface area (Å²) in [7, 11) is 0. The van der Waals surface area contributed by atoms with E-state index in [1.165, 1.54) is 57.5 Å². The van der Waals surface area contributed by atoms with E-state index < -0.39 is 0 Å². The van der Waals surface area contributed by atoms with Gasteiger partial charge in [0.1, 0.15) is 0 Å². The van der Waals surface area contributed by atoms with Gasteiger partial charge in [-0.15, -0.1) is 38.0 Å². The zero-order chi connectivity index (χ0) is 17.9. The second kappa shape index (κ2) is 8.01. The van der Waals surface area contributed by atoms with E-state index in [-0.39, 0.29) is 17.3 Å². The van der Waals surface area contributed by atoms with E-state index in [4.69, 9.17) is 0 Å². The molecule has 0 aliphatic heterocycles. The number of carbonyl (C=O) groups is 2. The number of nitrogens with zero attached hydrogens (tertiary/aromatic N) is 4. The molecule has 132 valence electrons. The van der Waals surface area contributed by atoms with Crippen molar-refractivity contribution in [3.63, 3.8) is 0 Å². The van der Waals surface area contributed by atoms with Crippen LogP contribution in [0.25, 0.3) is 4.96 Å². The van der Waals surface area contributed by atoms with Crippen molar-refractivity contribution < 1.29 is 9.59 Å². The van der Waals surface area contributed by atoms with Gasteiger partial charge in [-0.2, -0.15) is 4.52 Å². The SMILES string of the molecule is O=C(CSc1nn2c(SCC(=O)c3cccs3)nnc2s1)c1cccs1. The second-order valence-electron chi connectivity index (χ2n) is 4.92. The Balaban J connectivity index is 1.40. The molecule has 0 aliphatic rings. The van der Waals surface area contributed by atoms with E-state index in [1.54, 1.807) is 4.52 Å². The fraction of sp³-hybridized carbons (Fsp3) is 0.133. The summed E-state index contributed by atoms with van der Waals surface area (Å²) in [6, 6.07) is 7.37. The van der Waals surface area contributed by atoms with E-state index in [0.717, 1.165) is 14.1 Å².